The minimum Gasteiger partial charge on any atom is -0.368 e. The van der Waals surface area contributed by atoms with Crippen LogP contribution in [0.4, 0.5) is 5.82 Å². The molecule has 0 radical (unpaired) electrons. The van der Waals surface area contributed by atoms with Crippen LogP contribution in [0.5, 0.6) is 0 Å². The van der Waals surface area contributed by atoms with E-state index >= 15 is 0 Å². The summed E-state index contributed by atoms with van der Waals surface area (Å²) >= 11 is 0. The Hall–Kier alpha value is -2.96. The van der Waals surface area contributed by atoms with E-state index in [1.807, 2.05) is 30.7 Å². The zero-order valence-electron chi connectivity index (χ0n) is 18.0. The number of aromatic nitrogens is 4. The highest BCUT2D eigenvalue weighted by Gasteiger charge is 2.22. The van der Waals surface area contributed by atoms with Crippen molar-refractivity contribution in [3.05, 3.63) is 41.3 Å². The number of amides is 1. The zero-order valence-corrected chi connectivity index (χ0v) is 18.0. The molecule has 158 valence electrons. The van der Waals surface area contributed by atoms with Gasteiger partial charge in [0.25, 0.3) is 0 Å². The first-order chi connectivity index (χ1) is 14.6. The molecule has 1 aliphatic carbocycles. The molecule has 0 spiro atoms. The fourth-order valence-corrected chi connectivity index (χ4v) is 4.18. The Balaban J connectivity index is 1.57. The summed E-state index contributed by atoms with van der Waals surface area (Å²) in [7, 11) is 0. The van der Waals surface area contributed by atoms with Crippen molar-refractivity contribution in [2.24, 2.45) is 5.92 Å². The number of carbonyl (C=O) groups is 1. The summed E-state index contributed by atoms with van der Waals surface area (Å²) < 4.78 is 1.91. The SMILES string of the molecule is CCc1nc(NCCNC(=O)C2CCCC2)c2c(C)nn(-c3ccccc3C)c2n1. The smallest absolute Gasteiger partial charge is 0.223 e. The third kappa shape index (κ3) is 4.01. The number of carbonyl (C=O) groups excluding carboxylic acids is 1. The molecule has 2 N–H and O–H groups in total. The van der Waals surface area contributed by atoms with E-state index in [-0.39, 0.29) is 11.8 Å². The van der Waals surface area contributed by atoms with E-state index in [4.69, 9.17) is 15.1 Å². The van der Waals surface area contributed by atoms with Gasteiger partial charge >= 0.3 is 0 Å². The van der Waals surface area contributed by atoms with Crippen LogP contribution in [0.1, 0.15) is 49.7 Å². The van der Waals surface area contributed by atoms with Gasteiger partial charge in [0.2, 0.25) is 5.91 Å². The predicted molar refractivity (Wildman–Crippen MR) is 119 cm³/mol. The van der Waals surface area contributed by atoms with Crippen LogP contribution in [0.25, 0.3) is 16.7 Å². The number of benzene rings is 1. The van der Waals surface area contributed by atoms with Crippen LogP contribution in [0.2, 0.25) is 0 Å². The average Bonchev–Trinajstić information content (AvgIpc) is 3.40. The standard InChI is InChI=1S/C23H30N6O/c1-4-19-26-21(24-13-14-25-23(30)17-10-6-7-11-17)20-16(3)28-29(22(20)27-19)18-12-8-5-9-15(18)2/h5,8-9,12,17H,4,6-7,10-11,13-14H2,1-3H3,(H,25,30)(H,24,26,27). The van der Waals surface area contributed by atoms with E-state index in [1.165, 1.54) is 12.8 Å². The van der Waals surface area contributed by atoms with E-state index in [2.05, 4.69) is 29.7 Å². The fraction of sp³-hybridized carbons (Fsp3) is 0.478. The molecule has 0 atom stereocenters. The number of nitrogens with one attached hydrogen (secondary N) is 2. The number of aryl methyl sites for hydroxylation is 3. The van der Waals surface area contributed by atoms with E-state index in [0.29, 0.717) is 13.1 Å². The second-order valence-corrected chi connectivity index (χ2v) is 8.02. The Kier molecular flexibility index (Phi) is 5.97. The van der Waals surface area contributed by atoms with Gasteiger partial charge in [0.05, 0.1) is 16.8 Å². The molecular formula is C23H30N6O. The number of hydrogen-bond donors (Lipinski definition) is 2. The van der Waals surface area contributed by atoms with E-state index in [1.54, 1.807) is 0 Å². The Morgan fingerprint density at radius 2 is 1.90 bits per heavy atom. The lowest BCUT2D eigenvalue weighted by atomic mass is 10.1. The molecule has 0 aliphatic heterocycles. The molecule has 0 bridgehead atoms. The average molecular weight is 407 g/mol. The van der Waals surface area contributed by atoms with Crippen LogP contribution >= 0.6 is 0 Å². The fourth-order valence-electron chi connectivity index (χ4n) is 4.18. The Bertz CT molecular complexity index is 1050. The molecular weight excluding hydrogens is 376 g/mol. The topological polar surface area (TPSA) is 84.7 Å². The highest BCUT2D eigenvalue weighted by atomic mass is 16.1. The summed E-state index contributed by atoms with van der Waals surface area (Å²) in [6.07, 6.45) is 5.10. The lowest BCUT2D eigenvalue weighted by Gasteiger charge is -2.12. The predicted octanol–water partition coefficient (Wildman–Crippen LogP) is 3.71. The van der Waals surface area contributed by atoms with Crippen LogP contribution in [0.3, 0.4) is 0 Å². The number of nitrogens with zero attached hydrogens (tertiary/aromatic N) is 4. The molecule has 30 heavy (non-hydrogen) atoms. The molecule has 1 amide bonds. The van der Waals surface area contributed by atoms with Crippen LogP contribution in [0, 0.1) is 19.8 Å². The number of rotatable bonds is 7. The number of anilines is 1. The van der Waals surface area contributed by atoms with Crippen LogP contribution in [-0.2, 0) is 11.2 Å². The van der Waals surface area contributed by atoms with Gasteiger partial charge < -0.3 is 10.6 Å². The van der Waals surface area contributed by atoms with Crippen LogP contribution in [-0.4, -0.2) is 38.7 Å². The van der Waals surface area contributed by atoms with Crippen LogP contribution in [0.15, 0.2) is 24.3 Å². The van der Waals surface area contributed by atoms with Gasteiger partial charge in [-0.05, 0) is 38.3 Å². The van der Waals surface area contributed by atoms with Gasteiger partial charge in [0, 0.05) is 25.4 Å². The molecule has 0 saturated heterocycles. The van der Waals surface area contributed by atoms with Crippen LogP contribution < -0.4 is 10.6 Å². The van der Waals surface area contributed by atoms with Crippen molar-refractivity contribution < 1.29 is 4.79 Å². The van der Waals surface area contributed by atoms with Crippen molar-refractivity contribution in [3.63, 3.8) is 0 Å². The van der Waals surface area contributed by atoms with Gasteiger partial charge in [0.1, 0.15) is 11.6 Å². The van der Waals surface area contributed by atoms with E-state index < -0.39 is 0 Å². The summed E-state index contributed by atoms with van der Waals surface area (Å²) in [5.41, 5.74) is 3.85. The normalized spacial score (nSPS) is 14.4. The third-order valence-corrected chi connectivity index (χ3v) is 5.85. The van der Waals surface area contributed by atoms with Gasteiger partial charge in [-0.1, -0.05) is 38.0 Å². The number of hydrogen-bond acceptors (Lipinski definition) is 5. The third-order valence-electron chi connectivity index (χ3n) is 5.85. The molecule has 7 heteroatoms. The molecule has 3 aromatic rings. The van der Waals surface area contributed by atoms with Crippen molar-refractivity contribution in [2.45, 2.75) is 52.9 Å². The minimum atomic E-state index is 0.180. The van der Waals surface area contributed by atoms with E-state index in [0.717, 1.165) is 58.9 Å². The highest BCUT2D eigenvalue weighted by Crippen LogP contribution is 2.27. The number of para-hydroxylation sites is 1. The van der Waals surface area contributed by atoms with Crippen molar-refractivity contribution >= 4 is 22.8 Å². The molecule has 4 rings (SSSR count). The molecule has 2 aromatic heterocycles. The van der Waals surface area contributed by atoms with Gasteiger partial charge in [-0.3, -0.25) is 4.79 Å². The summed E-state index contributed by atoms with van der Waals surface area (Å²) in [6.45, 7) is 7.30. The van der Waals surface area contributed by atoms with Crippen molar-refractivity contribution in [1.82, 2.24) is 25.1 Å². The molecule has 2 heterocycles. The van der Waals surface area contributed by atoms with Gasteiger partial charge in [-0.15, -0.1) is 0 Å². The van der Waals surface area contributed by atoms with Gasteiger partial charge in [-0.2, -0.15) is 5.10 Å². The summed E-state index contributed by atoms with van der Waals surface area (Å²) in [5, 5.41) is 12.2. The zero-order chi connectivity index (χ0) is 21.1. The maximum atomic E-state index is 12.2. The molecule has 1 saturated carbocycles. The molecule has 0 unspecified atom stereocenters. The largest absolute Gasteiger partial charge is 0.368 e. The van der Waals surface area contributed by atoms with Gasteiger partial charge in [-0.25, -0.2) is 14.6 Å². The van der Waals surface area contributed by atoms with Gasteiger partial charge in [0.15, 0.2) is 5.65 Å². The Morgan fingerprint density at radius 1 is 1.13 bits per heavy atom. The first kappa shape index (κ1) is 20.3. The number of fused-ring (bicyclic) bond motifs is 1. The molecule has 1 fully saturated rings. The maximum Gasteiger partial charge on any atom is 0.223 e. The minimum absolute atomic E-state index is 0.180. The quantitative estimate of drug-likeness (QED) is 0.584. The van der Waals surface area contributed by atoms with Crippen molar-refractivity contribution in [3.8, 4) is 5.69 Å². The Labute approximate surface area is 177 Å². The summed E-state index contributed by atoms with van der Waals surface area (Å²) in [4.78, 5) is 21.7. The van der Waals surface area contributed by atoms with E-state index in [9.17, 15) is 4.79 Å². The Morgan fingerprint density at radius 3 is 2.63 bits per heavy atom. The van der Waals surface area contributed by atoms with Crippen molar-refractivity contribution in [1.29, 1.82) is 0 Å². The summed E-state index contributed by atoms with van der Waals surface area (Å²) in [6, 6.07) is 8.17. The maximum absolute atomic E-state index is 12.2. The molecule has 1 aliphatic rings. The monoisotopic (exact) mass is 406 g/mol. The highest BCUT2D eigenvalue weighted by molar-refractivity contribution is 5.90. The lowest BCUT2D eigenvalue weighted by Crippen LogP contribution is -2.33. The van der Waals surface area contributed by atoms with Crippen molar-refractivity contribution in [2.75, 3.05) is 18.4 Å². The second kappa shape index (κ2) is 8.81. The molecule has 7 nitrogen and oxygen atoms in total. The molecule has 1 aromatic carbocycles. The summed E-state index contributed by atoms with van der Waals surface area (Å²) in [5.74, 6) is 1.93. The first-order valence-electron chi connectivity index (χ1n) is 10.9. The second-order valence-electron chi connectivity index (χ2n) is 8.02. The lowest BCUT2D eigenvalue weighted by molar-refractivity contribution is -0.124. The first-order valence-corrected chi connectivity index (χ1v) is 10.9.